The predicted octanol–water partition coefficient (Wildman–Crippen LogP) is 4.92. The van der Waals surface area contributed by atoms with Crippen LogP contribution in [0, 0.1) is 18.3 Å². The van der Waals surface area contributed by atoms with E-state index in [1.165, 1.54) is 6.07 Å². The quantitative estimate of drug-likeness (QED) is 0.655. The second kappa shape index (κ2) is 7.46. The van der Waals surface area contributed by atoms with E-state index in [0.29, 0.717) is 5.82 Å². The highest BCUT2D eigenvalue weighted by Gasteiger charge is 2.34. The lowest BCUT2D eigenvalue weighted by Gasteiger charge is -2.12. The molecule has 1 aromatic heterocycles. The van der Waals surface area contributed by atoms with Crippen LogP contribution in [-0.4, -0.2) is 9.97 Å². The molecule has 0 aliphatic carbocycles. The van der Waals surface area contributed by atoms with E-state index in [1.54, 1.807) is 30.6 Å². The van der Waals surface area contributed by atoms with Crippen LogP contribution in [0.3, 0.4) is 0 Å². The fourth-order valence-electron chi connectivity index (χ4n) is 2.40. The van der Waals surface area contributed by atoms with Gasteiger partial charge < -0.3 is 4.74 Å². The van der Waals surface area contributed by atoms with Crippen molar-refractivity contribution in [3.63, 3.8) is 0 Å². The van der Waals surface area contributed by atoms with Crippen molar-refractivity contribution in [2.45, 2.75) is 19.7 Å². The molecule has 0 bridgehead atoms. The van der Waals surface area contributed by atoms with Crippen molar-refractivity contribution in [2.24, 2.45) is 0 Å². The Balaban J connectivity index is 1.72. The molecule has 7 heteroatoms. The zero-order valence-corrected chi connectivity index (χ0v) is 14.3. The molecule has 0 atom stereocenters. The van der Waals surface area contributed by atoms with Crippen molar-refractivity contribution in [2.75, 3.05) is 0 Å². The molecule has 3 aromatic rings. The van der Waals surface area contributed by atoms with Crippen molar-refractivity contribution in [3.05, 3.63) is 77.1 Å². The van der Waals surface area contributed by atoms with Gasteiger partial charge >= 0.3 is 6.18 Å². The Morgan fingerprint density at radius 3 is 2.30 bits per heavy atom. The molecule has 0 radical (unpaired) electrons. The summed E-state index contributed by atoms with van der Waals surface area (Å²) in [7, 11) is 0. The summed E-state index contributed by atoms with van der Waals surface area (Å²) in [4.78, 5) is 8.49. The van der Waals surface area contributed by atoms with Crippen LogP contribution in [0.4, 0.5) is 13.2 Å². The molecule has 0 unspecified atom stereocenters. The third-order valence-corrected chi connectivity index (χ3v) is 3.82. The zero-order valence-electron chi connectivity index (χ0n) is 14.3. The molecule has 136 valence electrons. The lowest BCUT2D eigenvalue weighted by atomic mass is 10.1. The van der Waals surface area contributed by atoms with Gasteiger partial charge in [-0.1, -0.05) is 24.3 Å². The Morgan fingerprint density at radius 1 is 1.04 bits per heavy atom. The van der Waals surface area contributed by atoms with E-state index in [2.05, 4.69) is 9.97 Å². The SMILES string of the molecule is Cc1cnc(-c2ccc(COc3ccc(C#N)c(C(F)(F)F)c3)cc2)nc1. The average molecular weight is 369 g/mol. The van der Waals surface area contributed by atoms with E-state index in [9.17, 15) is 13.2 Å². The molecule has 27 heavy (non-hydrogen) atoms. The Bertz CT molecular complexity index is 975. The monoisotopic (exact) mass is 369 g/mol. The molecule has 0 saturated carbocycles. The molecule has 2 aromatic carbocycles. The molecule has 0 N–H and O–H groups in total. The zero-order chi connectivity index (χ0) is 19.4. The molecule has 1 heterocycles. The van der Waals surface area contributed by atoms with Gasteiger partial charge in [0.25, 0.3) is 0 Å². The first kappa shape index (κ1) is 18.4. The van der Waals surface area contributed by atoms with Crippen molar-refractivity contribution in [1.29, 1.82) is 5.26 Å². The van der Waals surface area contributed by atoms with Gasteiger partial charge in [-0.25, -0.2) is 9.97 Å². The van der Waals surface area contributed by atoms with E-state index in [0.717, 1.165) is 28.8 Å². The third-order valence-electron chi connectivity index (χ3n) is 3.82. The number of aryl methyl sites for hydroxylation is 1. The van der Waals surface area contributed by atoms with Crippen LogP contribution in [0.1, 0.15) is 22.3 Å². The van der Waals surface area contributed by atoms with Gasteiger partial charge in [-0.3, -0.25) is 0 Å². The van der Waals surface area contributed by atoms with E-state index in [4.69, 9.17) is 10.00 Å². The predicted molar refractivity (Wildman–Crippen MR) is 92.7 cm³/mol. The second-order valence-electron chi connectivity index (χ2n) is 5.89. The average Bonchev–Trinajstić information content (AvgIpc) is 2.66. The first-order valence-electron chi connectivity index (χ1n) is 7.99. The van der Waals surface area contributed by atoms with Gasteiger partial charge in [-0.05, 0) is 36.2 Å². The molecular weight excluding hydrogens is 355 g/mol. The summed E-state index contributed by atoms with van der Waals surface area (Å²) in [5.74, 6) is 0.641. The lowest BCUT2D eigenvalue weighted by Crippen LogP contribution is -2.08. The van der Waals surface area contributed by atoms with Crippen LogP contribution in [0.15, 0.2) is 54.9 Å². The maximum absolute atomic E-state index is 13.0. The number of aromatic nitrogens is 2. The summed E-state index contributed by atoms with van der Waals surface area (Å²) in [6.07, 6.45) is -1.16. The third kappa shape index (κ3) is 4.42. The van der Waals surface area contributed by atoms with Crippen LogP contribution in [0.25, 0.3) is 11.4 Å². The minimum absolute atomic E-state index is 0.0484. The van der Waals surface area contributed by atoms with Crippen molar-refractivity contribution < 1.29 is 17.9 Å². The molecule has 0 fully saturated rings. The number of nitrogens with zero attached hydrogens (tertiary/aromatic N) is 3. The number of alkyl halides is 3. The summed E-state index contributed by atoms with van der Waals surface area (Å²) < 4.78 is 44.4. The van der Waals surface area contributed by atoms with Crippen LogP contribution in [-0.2, 0) is 12.8 Å². The topological polar surface area (TPSA) is 58.8 Å². The summed E-state index contributed by atoms with van der Waals surface area (Å²) >= 11 is 0. The van der Waals surface area contributed by atoms with Gasteiger partial charge in [0.05, 0.1) is 17.2 Å². The first-order chi connectivity index (χ1) is 12.9. The van der Waals surface area contributed by atoms with E-state index >= 15 is 0 Å². The number of ether oxygens (including phenoxy) is 1. The maximum Gasteiger partial charge on any atom is 0.417 e. The minimum atomic E-state index is -4.61. The van der Waals surface area contributed by atoms with Crippen LogP contribution >= 0.6 is 0 Å². The van der Waals surface area contributed by atoms with Gasteiger partial charge in [0.2, 0.25) is 0 Å². The van der Waals surface area contributed by atoms with E-state index in [-0.39, 0.29) is 12.4 Å². The molecule has 0 aliphatic rings. The van der Waals surface area contributed by atoms with E-state index in [1.807, 2.05) is 19.1 Å². The lowest BCUT2D eigenvalue weighted by molar-refractivity contribution is -0.137. The Morgan fingerprint density at radius 2 is 1.70 bits per heavy atom. The molecule has 0 saturated heterocycles. The van der Waals surface area contributed by atoms with Crippen LogP contribution in [0.2, 0.25) is 0 Å². The first-order valence-corrected chi connectivity index (χ1v) is 7.99. The smallest absolute Gasteiger partial charge is 0.417 e. The van der Waals surface area contributed by atoms with Gasteiger partial charge in [0, 0.05) is 18.0 Å². The van der Waals surface area contributed by atoms with Crippen molar-refractivity contribution in [1.82, 2.24) is 9.97 Å². The van der Waals surface area contributed by atoms with Crippen LogP contribution in [0.5, 0.6) is 5.75 Å². The van der Waals surface area contributed by atoms with Crippen molar-refractivity contribution >= 4 is 0 Å². The largest absolute Gasteiger partial charge is 0.489 e. The summed E-state index contributed by atoms with van der Waals surface area (Å²) in [6.45, 7) is 2.00. The fourth-order valence-corrected chi connectivity index (χ4v) is 2.40. The number of hydrogen-bond donors (Lipinski definition) is 0. The number of nitriles is 1. The number of rotatable bonds is 4. The van der Waals surface area contributed by atoms with Gasteiger partial charge in [0.15, 0.2) is 5.82 Å². The molecular formula is C20H14F3N3O. The summed E-state index contributed by atoms with van der Waals surface area (Å²) in [5.41, 5.74) is 1.14. The summed E-state index contributed by atoms with van der Waals surface area (Å²) in [5, 5.41) is 8.81. The Kier molecular flexibility index (Phi) is 5.08. The highest BCUT2D eigenvalue weighted by molar-refractivity contribution is 5.55. The Hall–Kier alpha value is -3.40. The Labute approximate surface area is 153 Å². The number of benzene rings is 2. The minimum Gasteiger partial charge on any atom is -0.489 e. The van der Waals surface area contributed by atoms with Gasteiger partial charge in [-0.2, -0.15) is 18.4 Å². The molecule has 0 aliphatic heterocycles. The van der Waals surface area contributed by atoms with Gasteiger partial charge in [0.1, 0.15) is 12.4 Å². The standard InChI is InChI=1S/C20H14F3N3O/c1-13-10-25-19(26-11-13)15-4-2-14(3-5-15)12-27-17-7-6-16(9-24)18(8-17)20(21,22)23/h2-8,10-11H,12H2,1H3. The fraction of sp³-hybridized carbons (Fsp3) is 0.150. The maximum atomic E-state index is 13.0. The van der Waals surface area contributed by atoms with Crippen molar-refractivity contribution in [3.8, 4) is 23.2 Å². The molecule has 3 rings (SSSR count). The van der Waals surface area contributed by atoms with Crippen LogP contribution < -0.4 is 4.74 Å². The second-order valence-corrected chi connectivity index (χ2v) is 5.89. The molecule has 4 nitrogen and oxygen atoms in total. The highest BCUT2D eigenvalue weighted by Crippen LogP contribution is 2.34. The molecule has 0 amide bonds. The number of hydrogen-bond acceptors (Lipinski definition) is 4. The van der Waals surface area contributed by atoms with Gasteiger partial charge in [-0.15, -0.1) is 0 Å². The molecule has 0 spiro atoms. The number of halogens is 3. The highest BCUT2D eigenvalue weighted by atomic mass is 19.4. The van der Waals surface area contributed by atoms with E-state index < -0.39 is 17.3 Å². The normalized spacial score (nSPS) is 11.1. The summed E-state index contributed by atoms with van der Waals surface area (Å²) in [6, 6.07) is 12.1.